The number of pyridine rings is 1. The number of fused-ring (bicyclic) bond motifs is 6. The first-order valence-electron chi connectivity index (χ1n) is 15.6. The maximum absolute atomic E-state index is 11.7. The van der Waals surface area contributed by atoms with Crippen LogP contribution in [0.25, 0.3) is 44.5 Å². The van der Waals surface area contributed by atoms with Crippen molar-refractivity contribution in [2.75, 3.05) is 0 Å². The van der Waals surface area contributed by atoms with E-state index in [4.69, 9.17) is 9.40 Å². The number of hydrogen-bond acceptors (Lipinski definition) is 4. The number of rotatable bonds is 8. The first kappa shape index (κ1) is 33.4. The average Bonchev–Trinajstić information content (AvgIpc) is 3.52. The third kappa shape index (κ3) is 6.18. The predicted molar refractivity (Wildman–Crippen MR) is 177 cm³/mol. The van der Waals surface area contributed by atoms with Gasteiger partial charge in [-0.05, 0) is 54.3 Å². The zero-order valence-corrected chi connectivity index (χ0v) is 28.9. The maximum Gasteiger partial charge on any atom is 0.162 e. The van der Waals surface area contributed by atoms with Gasteiger partial charge in [-0.3, -0.25) is 9.78 Å². The zero-order valence-electron chi connectivity index (χ0n) is 26.5. The van der Waals surface area contributed by atoms with Gasteiger partial charge < -0.3 is 9.52 Å². The second kappa shape index (κ2) is 14.1. The molecule has 1 radical (unpaired) electrons. The molecule has 2 aromatic heterocycles. The Balaban J connectivity index is 0.000000239. The average molecular weight is 765 g/mol. The normalized spacial score (nSPS) is 13.4. The number of benzene rings is 3. The molecule has 1 N–H and O–H groups in total. The summed E-state index contributed by atoms with van der Waals surface area (Å²) in [6.45, 7) is 12.6. The van der Waals surface area contributed by atoms with Gasteiger partial charge in [-0.25, -0.2) is 0 Å². The summed E-state index contributed by atoms with van der Waals surface area (Å²) in [6, 6.07) is 28.4. The molecular weight excluding hydrogens is 723 g/mol. The van der Waals surface area contributed by atoms with E-state index in [1.54, 1.807) is 0 Å². The summed E-state index contributed by atoms with van der Waals surface area (Å²) >= 11 is 0. The van der Waals surface area contributed by atoms with Crippen molar-refractivity contribution in [2.24, 2.45) is 11.8 Å². The Morgan fingerprint density at radius 2 is 1.55 bits per heavy atom. The molecule has 3 aromatic carbocycles. The molecule has 0 fully saturated rings. The topological polar surface area (TPSA) is 63.3 Å². The SMILES string of the molecule is CC1(C)c2c(-c3ccc4ccccc4n3)[c-]ccc2-c2oc3ccccc3c21.CCC(CC)C(=O)/C=C(\O)C(CC)CC.[Ir]. The molecule has 0 saturated carbocycles. The zero-order chi connectivity index (χ0) is 30.7. The summed E-state index contributed by atoms with van der Waals surface area (Å²) in [7, 11) is 0. The molecule has 0 aliphatic heterocycles. The van der Waals surface area contributed by atoms with Crippen LogP contribution in [0.2, 0.25) is 0 Å². The number of aliphatic hydroxyl groups excluding tert-OH is 1. The van der Waals surface area contributed by atoms with E-state index >= 15 is 0 Å². The standard InChI is InChI=1S/C26H18NO.C13H24O2.Ir/c1-26(2)23-17(21-15-14-16-8-3-5-12-20(16)27-21)10-7-11-19(23)25-24(26)18-9-4-6-13-22(18)28-25;1-5-10(6-2)12(14)9-13(15)11(7-3)8-4;/h3-9,11-15H,1-2H3;9-11,14H,5-8H2,1-4H3;/q-1;;/b;12-9-;. The Kier molecular flexibility index (Phi) is 10.7. The van der Waals surface area contributed by atoms with Crippen molar-refractivity contribution in [1.29, 1.82) is 0 Å². The number of nitrogens with zero attached hydrogens (tertiary/aromatic N) is 1. The van der Waals surface area contributed by atoms with E-state index < -0.39 is 0 Å². The van der Waals surface area contributed by atoms with Gasteiger partial charge >= 0.3 is 0 Å². The molecule has 231 valence electrons. The van der Waals surface area contributed by atoms with Gasteiger partial charge in [-0.15, -0.1) is 29.3 Å². The van der Waals surface area contributed by atoms with Crippen molar-refractivity contribution in [3.8, 4) is 22.6 Å². The minimum absolute atomic E-state index is 0. The summed E-state index contributed by atoms with van der Waals surface area (Å²) in [4.78, 5) is 16.7. The largest absolute Gasteiger partial charge is 0.512 e. The molecule has 44 heavy (non-hydrogen) atoms. The van der Waals surface area contributed by atoms with E-state index in [2.05, 4.69) is 62.4 Å². The first-order valence-corrected chi connectivity index (χ1v) is 15.6. The first-order chi connectivity index (χ1) is 20.7. The van der Waals surface area contributed by atoms with Crippen molar-refractivity contribution in [3.63, 3.8) is 0 Å². The quantitative estimate of drug-likeness (QED) is 0.0971. The van der Waals surface area contributed by atoms with E-state index in [9.17, 15) is 9.90 Å². The van der Waals surface area contributed by atoms with Gasteiger partial charge in [0.15, 0.2) is 5.78 Å². The van der Waals surface area contributed by atoms with Crippen LogP contribution in [-0.4, -0.2) is 15.9 Å². The van der Waals surface area contributed by atoms with E-state index in [0.29, 0.717) is 0 Å². The third-order valence-corrected chi connectivity index (χ3v) is 9.02. The second-order valence-electron chi connectivity index (χ2n) is 12.0. The Hall–Kier alpha value is -3.53. The van der Waals surface area contributed by atoms with E-state index in [1.807, 2.05) is 58.0 Å². The van der Waals surface area contributed by atoms with E-state index in [0.717, 1.165) is 64.8 Å². The number of carbonyl (C=O) groups excluding carboxylic acids is 1. The molecule has 0 saturated heterocycles. The molecule has 5 aromatic rings. The van der Waals surface area contributed by atoms with E-state index in [1.165, 1.54) is 22.6 Å². The van der Waals surface area contributed by atoms with Crippen molar-refractivity contribution >= 4 is 27.7 Å². The van der Waals surface area contributed by atoms with Crippen LogP contribution in [0, 0.1) is 17.9 Å². The van der Waals surface area contributed by atoms with Crippen LogP contribution >= 0.6 is 0 Å². The third-order valence-electron chi connectivity index (χ3n) is 9.02. The molecule has 1 aliphatic rings. The number of para-hydroxylation sites is 2. The van der Waals surface area contributed by atoms with Gasteiger partial charge in [0.05, 0.1) is 11.3 Å². The Bertz CT molecular complexity index is 1790. The summed E-state index contributed by atoms with van der Waals surface area (Å²) < 4.78 is 6.30. The summed E-state index contributed by atoms with van der Waals surface area (Å²) in [5.74, 6) is 1.53. The maximum atomic E-state index is 11.7. The van der Waals surface area contributed by atoms with Gasteiger partial charge in [-0.2, -0.15) is 0 Å². The molecule has 0 bridgehead atoms. The summed E-state index contributed by atoms with van der Waals surface area (Å²) in [6.07, 6.45) is 4.91. The molecule has 0 spiro atoms. The van der Waals surface area contributed by atoms with Crippen LogP contribution in [0.4, 0.5) is 0 Å². The van der Waals surface area contributed by atoms with Gasteiger partial charge in [0.2, 0.25) is 0 Å². The Labute approximate surface area is 275 Å². The van der Waals surface area contributed by atoms with Crippen molar-refractivity contribution < 1.29 is 34.4 Å². The van der Waals surface area contributed by atoms with Crippen LogP contribution < -0.4 is 0 Å². The van der Waals surface area contributed by atoms with Crippen LogP contribution in [0.1, 0.15) is 78.4 Å². The van der Waals surface area contributed by atoms with Crippen LogP contribution in [0.3, 0.4) is 0 Å². The van der Waals surface area contributed by atoms with E-state index in [-0.39, 0.29) is 48.9 Å². The van der Waals surface area contributed by atoms with Gasteiger partial charge in [0.1, 0.15) is 11.3 Å². The molecule has 1 aliphatic carbocycles. The second-order valence-corrected chi connectivity index (χ2v) is 12.0. The monoisotopic (exact) mass is 765 g/mol. The fraction of sp³-hybridized carbons (Fsp3) is 0.333. The molecular formula is C39H42IrNO3-. The van der Waals surface area contributed by atoms with Crippen molar-refractivity contribution in [3.05, 3.63) is 102 Å². The smallest absolute Gasteiger partial charge is 0.162 e. The Morgan fingerprint density at radius 1 is 0.886 bits per heavy atom. The van der Waals surface area contributed by atoms with Gasteiger partial charge in [0, 0.05) is 49.0 Å². The molecule has 4 nitrogen and oxygen atoms in total. The van der Waals surface area contributed by atoms with Crippen LogP contribution in [0.15, 0.2) is 89.0 Å². The molecule has 0 unspecified atom stereocenters. The molecule has 0 atom stereocenters. The number of hydrogen-bond donors (Lipinski definition) is 1. The summed E-state index contributed by atoms with van der Waals surface area (Å²) in [5.41, 5.74) is 7.45. The molecule has 2 heterocycles. The van der Waals surface area contributed by atoms with Crippen LogP contribution in [0.5, 0.6) is 0 Å². The molecule has 0 amide bonds. The molecule has 6 rings (SSSR count). The summed E-state index contributed by atoms with van der Waals surface area (Å²) in [5, 5.41) is 12.1. The van der Waals surface area contributed by atoms with Crippen LogP contribution in [-0.2, 0) is 30.3 Å². The Morgan fingerprint density at radius 3 is 2.25 bits per heavy atom. The fourth-order valence-electron chi connectivity index (χ4n) is 6.50. The predicted octanol–water partition coefficient (Wildman–Crippen LogP) is 10.6. The van der Waals surface area contributed by atoms with Gasteiger partial charge in [-0.1, -0.05) is 95.6 Å². The number of furan rings is 1. The van der Waals surface area contributed by atoms with Gasteiger partial charge in [0.25, 0.3) is 0 Å². The minimum atomic E-state index is -0.183. The fourth-order valence-corrected chi connectivity index (χ4v) is 6.50. The number of carbonyl (C=O) groups is 1. The number of ketones is 1. The minimum Gasteiger partial charge on any atom is -0.512 e. The van der Waals surface area contributed by atoms with Crippen molar-refractivity contribution in [2.45, 2.75) is 72.6 Å². The number of allylic oxidation sites excluding steroid dienone is 2. The number of aliphatic hydroxyl groups is 1. The molecule has 5 heteroatoms. The van der Waals surface area contributed by atoms with Crippen molar-refractivity contribution in [1.82, 2.24) is 4.98 Å². The number of aromatic nitrogens is 1.